The fourth-order valence-electron chi connectivity index (χ4n) is 2.89. The Hall–Kier alpha value is -3.19. The highest BCUT2D eigenvalue weighted by Gasteiger charge is 2.17. The monoisotopic (exact) mass is 380 g/mol. The third kappa shape index (κ3) is 4.95. The molecule has 0 saturated carbocycles. The van der Waals surface area contributed by atoms with E-state index in [2.05, 4.69) is 10.4 Å². The topological polar surface area (TPSA) is 89.2 Å². The molecule has 1 heterocycles. The van der Waals surface area contributed by atoms with Gasteiger partial charge >= 0.3 is 5.69 Å². The van der Waals surface area contributed by atoms with E-state index in [4.69, 9.17) is 0 Å². The van der Waals surface area contributed by atoms with Gasteiger partial charge in [-0.15, -0.1) is 5.10 Å². The summed E-state index contributed by atoms with van der Waals surface area (Å²) < 4.78 is 2.77. The van der Waals surface area contributed by atoms with Crippen LogP contribution in [0.4, 0.5) is 0 Å². The Morgan fingerprint density at radius 3 is 2.39 bits per heavy atom. The molecule has 1 unspecified atom stereocenters. The molecule has 7 nitrogen and oxygen atoms in total. The normalized spacial score (nSPS) is 11.9. The third-order valence-electron chi connectivity index (χ3n) is 4.31. The maximum absolute atomic E-state index is 12.9. The van der Waals surface area contributed by atoms with E-state index in [1.165, 1.54) is 4.68 Å². The number of hydrogen-bond donors (Lipinski definition) is 2. The Kier molecular flexibility index (Phi) is 6.39. The van der Waals surface area contributed by atoms with Crippen LogP contribution in [0.25, 0.3) is 11.4 Å². The minimum Gasteiger partial charge on any atom is -0.392 e. The zero-order valence-electron chi connectivity index (χ0n) is 15.8. The second kappa shape index (κ2) is 9.14. The molecule has 146 valence electrons. The molecule has 3 rings (SSSR count). The van der Waals surface area contributed by atoms with Crippen LogP contribution < -0.4 is 11.0 Å². The Morgan fingerprint density at radius 1 is 1.11 bits per heavy atom. The van der Waals surface area contributed by atoms with Crippen LogP contribution >= 0.6 is 0 Å². The summed E-state index contributed by atoms with van der Waals surface area (Å²) >= 11 is 0. The second-order valence-electron chi connectivity index (χ2n) is 6.67. The molecule has 0 radical (unpaired) electrons. The SMILES string of the molecule is CC(O)CNC(=O)Cn1nc(-c2ccccc2)n(CCc2ccccc2)c1=O. The van der Waals surface area contributed by atoms with E-state index in [1.807, 2.05) is 60.7 Å². The van der Waals surface area contributed by atoms with Crippen LogP contribution in [0, 0.1) is 0 Å². The standard InChI is InChI=1S/C21H24N4O3/c1-16(26)14-22-19(27)15-25-21(28)24(13-12-17-8-4-2-5-9-17)20(23-25)18-10-6-3-7-11-18/h2-11,16,26H,12-15H2,1H3,(H,22,27). The molecule has 2 N–H and O–H groups in total. The summed E-state index contributed by atoms with van der Waals surface area (Å²) in [6.45, 7) is 1.98. The summed E-state index contributed by atoms with van der Waals surface area (Å²) in [6, 6.07) is 19.4. The molecule has 28 heavy (non-hydrogen) atoms. The van der Waals surface area contributed by atoms with Gasteiger partial charge in [0.2, 0.25) is 5.91 Å². The number of carbonyl (C=O) groups is 1. The van der Waals surface area contributed by atoms with E-state index >= 15 is 0 Å². The van der Waals surface area contributed by atoms with E-state index in [1.54, 1.807) is 11.5 Å². The molecule has 0 saturated heterocycles. The maximum Gasteiger partial charge on any atom is 0.346 e. The number of nitrogens with one attached hydrogen (secondary N) is 1. The molecule has 0 aliphatic carbocycles. The Morgan fingerprint density at radius 2 is 1.75 bits per heavy atom. The number of carbonyl (C=O) groups excluding carboxylic acids is 1. The van der Waals surface area contributed by atoms with Gasteiger partial charge in [0.25, 0.3) is 0 Å². The van der Waals surface area contributed by atoms with Crippen molar-refractivity contribution in [2.45, 2.75) is 32.5 Å². The molecule has 7 heteroatoms. The predicted molar refractivity (Wildman–Crippen MR) is 107 cm³/mol. The lowest BCUT2D eigenvalue weighted by atomic mass is 10.1. The van der Waals surface area contributed by atoms with Crippen molar-refractivity contribution in [3.8, 4) is 11.4 Å². The first-order valence-electron chi connectivity index (χ1n) is 9.26. The summed E-state index contributed by atoms with van der Waals surface area (Å²) in [6.07, 6.45) is 0.0320. The fourth-order valence-corrected chi connectivity index (χ4v) is 2.89. The van der Waals surface area contributed by atoms with Crippen LogP contribution in [-0.4, -0.2) is 38.0 Å². The van der Waals surface area contributed by atoms with Crippen LogP contribution in [0.3, 0.4) is 0 Å². The molecule has 1 aromatic heterocycles. The van der Waals surface area contributed by atoms with E-state index in [0.29, 0.717) is 18.8 Å². The van der Waals surface area contributed by atoms with Crippen molar-refractivity contribution in [2.24, 2.45) is 0 Å². The van der Waals surface area contributed by atoms with Gasteiger partial charge in [-0.3, -0.25) is 9.36 Å². The minimum absolute atomic E-state index is 0.133. The average Bonchev–Trinajstić information content (AvgIpc) is 3.02. The molecule has 3 aromatic rings. The van der Waals surface area contributed by atoms with Crippen molar-refractivity contribution in [3.05, 3.63) is 76.7 Å². The lowest BCUT2D eigenvalue weighted by molar-refractivity contribution is -0.122. The summed E-state index contributed by atoms with van der Waals surface area (Å²) in [5.74, 6) is 0.167. The lowest BCUT2D eigenvalue weighted by Crippen LogP contribution is -2.36. The molecule has 0 aliphatic heterocycles. The molecular weight excluding hydrogens is 356 g/mol. The highest BCUT2D eigenvalue weighted by molar-refractivity contribution is 5.75. The van der Waals surface area contributed by atoms with E-state index in [0.717, 1.165) is 11.1 Å². The molecule has 0 spiro atoms. The van der Waals surface area contributed by atoms with Crippen molar-refractivity contribution >= 4 is 5.91 Å². The van der Waals surface area contributed by atoms with Gasteiger partial charge in [-0.05, 0) is 18.9 Å². The van der Waals surface area contributed by atoms with E-state index in [9.17, 15) is 14.7 Å². The van der Waals surface area contributed by atoms with Crippen LogP contribution in [0.15, 0.2) is 65.5 Å². The summed E-state index contributed by atoms with van der Waals surface area (Å²) in [5.41, 5.74) is 1.61. The molecular formula is C21H24N4O3. The van der Waals surface area contributed by atoms with Crippen molar-refractivity contribution in [3.63, 3.8) is 0 Å². The molecule has 2 aromatic carbocycles. The second-order valence-corrected chi connectivity index (χ2v) is 6.67. The number of hydrogen-bond acceptors (Lipinski definition) is 4. The summed E-state index contributed by atoms with van der Waals surface area (Å²) in [7, 11) is 0. The summed E-state index contributed by atoms with van der Waals surface area (Å²) in [5, 5.41) is 16.3. The van der Waals surface area contributed by atoms with Crippen molar-refractivity contribution < 1.29 is 9.90 Å². The molecule has 0 bridgehead atoms. The molecule has 1 amide bonds. The zero-order chi connectivity index (χ0) is 19.9. The van der Waals surface area contributed by atoms with Gasteiger partial charge < -0.3 is 10.4 Å². The number of aliphatic hydroxyl groups is 1. The first-order chi connectivity index (χ1) is 13.5. The number of rotatable bonds is 8. The highest BCUT2D eigenvalue weighted by Crippen LogP contribution is 2.15. The number of nitrogens with zero attached hydrogens (tertiary/aromatic N) is 3. The highest BCUT2D eigenvalue weighted by atomic mass is 16.3. The fraction of sp³-hybridized carbons (Fsp3) is 0.286. The van der Waals surface area contributed by atoms with Gasteiger partial charge in [0.1, 0.15) is 6.54 Å². The third-order valence-corrected chi connectivity index (χ3v) is 4.31. The van der Waals surface area contributed by atoms with Crippen LogP contribution in [-0.2, 0) is 24.3 Å². The van der Waals surface area contributed by atoms with Gasteiger partial charge in [-0.2, -0.15) is 0 Å². The van der Waals surface area contributed by atoms with Crippen molar-refractivity contribution in [1.29, 1.82) is 0 Å². The molecule has 0 fully saturated rings. The summed E-state index contributed by atoms with van der Waals surface area (Å²) in [4.78, 5) is 25.0. The minimum atomic E-state index is -0.649. The average molecular weight is 380 g/mol. The van der Waals surface area contributed by atoms with E-state index in [-0.39, 0.29) is 24.7 Å². The maximum atomic E-state index is 12.9. The number of aliphatic hydroxyl groups excluding tert-OH is 1. The van der Waals surface area contributed by atoms with Crippen LogP contribution in [0.1, 0.15) is 12.5 Å². The zero-order valence-corrected chi connectivity index (χ0v) is 15.8. The Bertz CT molecular complexity index is 962. The number of benzene rings is 2. The van der Waals surface area contributed by atoms with Gasteiger partial charge in [0.05, 0.1) is 6.10 Å². The van der Waals surface area contributed by atoms with Gasteiger partial charge in [-0.1, -0.05) is 60.7 Å². The van der Waals surface area contributed by atoms with E-state index < -0.39 is 6.10 Å². The number of amides is 1. The first kappa shape index (κ1) is 19.6. The smallest absolute Gasteiger partial charge is 0.346 e. The van der Waals surface area contributed by atoms with Crippen LogP contribution in [0.5, 0.6) is 0 Å². The van der Waals surface area contributed by atoms with Crippen LogP contribution in [0.2, 0.25) is 0 Å². The van der Waals surface area contributed by atoms with Gasteiger partial charge in [-0.25, -0.2) is 9.48 Å². The van der Waals surface area contributed by atoms with Crippen molar-refractivity contribution in [2.75, 3.05) is 6.54 Å². The van der Waals surface area contributed by atoms with Gasteiger partial charge in [0.15, 0.2) is 5.82 Å². The molecule has 0 aliphatic rings. The number of aromatic nitrogens is 3. The number of aryl methyl sites for hydroxylation is 1. The quantitative estimate of drug-likeness (QED) is 0.619. The first-order valence-corrected chi connectivity index (χ1v) is 9.26. The lowest BCUT2D eigenvalue weighted by Gasteiger charge is -2.06. The Labute approximate surface area is 163 Å². The largest absolute Gasteiger partial charge is 0.392 e. The van der Waals surface area contributed by atoms with Crippen molar-refractivity contribution in [1.82, 2.24) is 19.7 Å². The molecule has 1 atom stereocenters. The van der Waals surface area contributed by atoms with Gasteiger partial charge in [0, 0.05) is 18.7 Å². The predicted octanol–water partition coefficient (Wildman–Crippen LogP) is 1.45. The Balaban J connectivity index is 1.86.